The Hall–Kier alpha value is -0.610. The molecule has 0 bridgehead atoms. The number of likely N-dealkylation sites (N-methyl/N-ethyl adjacent to an activating group) is 1. The van der Waals surface area contributed by atoms with Crippen LogP contribution in [0.1, 0.15) is 20.3 Å². The summed E-state index contributed by atoms with van der Waals surface area (Å²) in [5.74, 6) is 0.302. The zero-order chi connectivity index (χ0) is 11.0. The minimum atomic E-state index is 0.141. The molecule has 2 fully saturated rings. The normalized spacial score (nSPS) is 38.7. The highest BCUT2D eigenvalue weighted by Crippen LogP contribution is 2.18. The molecule has 0 aliphatic carbocycles. The Morgan fingerprint density at radius 2 is 1.87 bits per heavy atom. The molecule has 0 aromatic rings. The van der Waals surface area contributed by atoms with E-state index in [1.54, 1.807) is 0 Å². The number of nitrogens with zero attached hydrogens (tertiary/aromatic N) is 2. The second kappa shape index (κ2) is 4.10. The maximum Gasteiger partial charge on any atom is 0.239 e. The fourth-order valence-electron chi connectivity index (χ4n) is 2.77. The van der Waals surface area contributed by atoms with E-state index in [-0.39, 0.29) is 6.04 Å². The van der Waals surface area contributed by atoms with E-state index in [0.717, 1.165) is 26.1 Å². The van der Waals surface area contributed by atoms with Gasteiger partial charge in [0.25, 0.3) is 0 Å². The smallest absolute Gasteiger partial charge is 0.239 e. The Bertz CT molecular complexity index is 246. The maximum atomic E-state index is 11.9. The number of nitrogens with one attached hydrogen (secondary N) is 1. The summed E-state index contributed by atoms with van der Waals surface area (Å²) in [6, 6.07) is 1.13. The van der Waals surface area contributed by atoms with Gasteiger partial charge in [0.2, 0.25) is 5.91 Å². The molecule has 3 atom stereocenters. The number of likely N-dealkylation sites (tertiary alicyclic amines) is 1. The summed E-state index contributed by atoms with van der Waals surface area (Å²) < 4.78 is 0. The van der Waals surface area contributed by atoms with Crippen LogP contribution in [-0.2, 0) is 4.79 Å². The van der Waals surface area contributed by atoms with E-state index in [4.69, 9.17) is 0 Å². The van der Waals surface area contributed by atoms with Gasteiger partial charge in [-0.2, -0.15) is 0 Å². The molecule has 1 N–H and O–H groups in total. The first kappa shape index (κ1) is 10.9. The molecular weight excluding hydrogens is 190 g/mol. The number of amides is 1. The third-order valence-electron chi connectivity index (χ3n) is 3.43. The molecule has 0 aromatic heterocycles. The molecule has 2 rings (SSSR count). The number of rotatable bonds is 1. The van der Waals surface area contributed by atoms with Gasteiger partial charge in [-0.25, -0.2) is 0 Å². The summed E-state index contributed by atoms with van der Waals surface area (Å²) in [4.78, 5) is 16.1. The van der Waals surface area contributed by atoms with Crippen molar-refractivity contribution in [1.82, 2.24) is 15.1 Å². The van der Waals surface area contributed by atoms with E-state index in [1.165, 1.54) is 0 Å². The van der Waals surface area contributed by atoms with E-state index in [2.05, 4.69) is 24.1 Å². The van der Waals surface area contributed by atoms with Gasteiger partial charge in [0.15, 0.2) is 0 Å². The lowest BCUT2D eigenvalue weighted by Crippen LogP contribution is -2.58. The third-order valence-corrected chi connectivity index (χ3v) is 3.43. The van der Waals surface area contributed by atoms with E-state index in [1.807, 2.05) is 11.9 Å². The summed E-state index contributed by atoms with van der Waals surface area (Å²) >= 11 is 0. The Morgan fingerprint density at radius 3 is 2.33 bits per heavy atom. The van der Waals surface area contributed by atoms with Crippen LogP contribution in [0.3, 0.4) is 0 Å². The standard InChI is InChI=1S/C11H21N3O/c1-8-6-14(7-9(2)12-8)10-4-5-13(3)11(10)15/h8-10,12H,4-7H2,1-3H3. The predicted molar refractivity (Wildman–Crippen MR) is 59.7 cm³/mol. The topological polar surface area (TPSA) is 35.6 Å². The van der Waals surface area contributed by atoms with Crippen molar-refractivity contribution in [2.45, 2.75) is 38.4 Å². The quantitative estimate of drug-likeness (QED) is 0.658. The van der Waals surface area contributed by atoms with Gasteiger partial charge in [-0.3, -0.25) is 9.69 Å². The largest absolute Gasteiger partial charge is 0.344 e. The second-order valence-corrected chi connectivity index (χ2v) is 4.99. The van der Waals surface area contributed by atoms with Crippen molar-refractivity contribution < 1.29 is 4.79 Å². The third kappa shape index (κ3) is 2.16. The predicted octanol–water partition coefficient (Wildman–Crippen LogP) is -0.101. The molecule has 0 aromatic carbocycles. The van der Waals surface area contributed by atoms with Crippen LogP contribution in [0.2, 0.25) is 0 Å². The van der Waals surface area contributed by atoms with E-state index in [0.29, 0.717) is 18.0 Å². The van der Waals surface area contributed by atoms with Gasteiger partial charge in [-0.15, -0.1) is 0 Å². The molecular formula is C11H21N3O. The van der Waals surface area contributed by atoms with Gasteiger partial charge in [0.05, 0.1) is 6.04 Å². The van der Waals surface area contributed by atoms with Crippen LogP contribution in [0.25, 0.3) is 0 Å². The minimum Gasteiger partial charge on any atom is -0.344 e. The fourth-order valence-corrected chi connectivity index (χ4v) is 2.77. The molecule has 3 unspecified atom stereocenters. The van der Waals surface area contributed by atoms with Crippen LogP contribution in [0.15, 0.2) is 0 Å². The van der Waals surface area contributed by atoms with Gasteiger partial charge in [0.1, 0.15) is 0 Å². The Morgan fingerprint density at radius 1 is 1.27 bits per heavy atom. The number of hydrogen-bond acceptors (Lipinski definition) is 3. The van der Waals surface area contributed by atoms with Gasteiger partial charge in [-0.05, 0) is 20.3 Å². The minimum absolute atomic E-state index is 0.141. The fraction of sp³-hybridized carbons (Fsp3) is 0.909. The average molecular weight is 211 g/mol. The molecule has 86 valence electrons. The zero-order valence-electron chi connectivity index (χ0n) is 9.86. The lowest BCUT2D eigenvalue weighted by Gasteiger charge is -2.38. The maximum absolute atomic E-state index is 11.9. The number of piperazine rings is 1. The average Bonchev–Trinajstić information content (AvgIpc) is 2.46. The Kier molecular flexibility index (Phi) is 2.98. The molecule has 2 aliphatic heterocycles. The van der Waals surface area contributed by atoms with E-state index >= 15 is 0 Å². The van der Waals surface area contributed by atoms with Crippen molar-refractivity contribution in [2.24, 2.45) is 0 Å². The lowest BCUT2D eigenvalue weighted by molar-refractivity contribution is -0.131. The summed E-state index contributed by atoms with van der Waals surface area (Å²) in [7, 11) is 1.90. The van der Waals surface area contributed by atoms with Gasteiger partial charge in [0, 0.05) is 38.8 Å². The highest BCUT2D eigenvalue weighted by Gasteiger charge is 2.36. The second-order valence-electron chi connectivity index (χ2n) is 4.99. The van der Waals surface area contributed by atoms with E-state index < -0.39 is 0 Å². The van der Waals surface area contributed by atoms with Crippen LogP contribution >= 0.6 is 0 Å². The van der Waals surface area contributed by atoms with Crippen molar-refractivity contribution in [3.05, 3.63) is 0 Å². The molecule has 0 radical (unpaired) electrons. The molecule has 0 saturated carbocycles. The highest BCUT2D eigenvalue weighted by molar-refractivity contribution is 5.83. The van der Waals surface area contributed by atoms with Gasteiger partial charge < -0.3 is 10.2 Å². The van der Waals surface area contributed by atoms with Crippen LogP contribution in [0.5, 0.6) is 0 Å². The van der Waals surface area contributed by atoms with Crippen molar-refractivity contribution in [2.75, 3.05) is 26.7 Å². The molecule has 2 saturated heterocycles. The first-order valence-electron chi connectivity index (χ1n) is 5.83. The SMILES string of the molecule is CC1CN(C2CCN(C)C2=O)CC(C)N1. The van der Waals surface area contributed by atoms with Crippen LogP contribution < -0.4 is 5.32 Å². The molecule has 2 aliphatic rings. The van der Waals surface area contributed by atoms with E-state index in [9.17, 15) is 4.79 Å². The van der Waals surface area contributed by atoms with Crippen molar-refractivity contribution >= 4 is 5.91 Å². The summed E-state index contributed by atoms with van der Waals surface area (Å²) in [5.41, 5.74) is 0. The number of hydrogen-bond donors (Lipinski definition) is 1. The monoisotopic (exact) mass is 211 g/mol. The number of carbonyl (C=O) groups excluding carboxylic acids is 1. The highest BCUT2D eigenvalue weighted by atomic mass is 16.2. The van der Waals surface area contributed by atoms with Crippen LogP contribution in [0, 0.1) is 0 Å². The van der Waals surface area contributed by atoms with Crippen molar-refractivity contribution in [1.29, 1.82) is 0 Å². The van der Waals surface area contributed by atoms with Crippen molar-refractivity contribution in [3.8, 4) is 0 Å². The zero-order valence-corrected chi connectivity index (χ0v) is 9.86. The molecule has 15 heavy (non-hydrogen) atoms. The van der Waals surface area contributed by atoms with Gasteiger partial charge in [-0.1, -0.05) is 0 Å². The Labute approximate surface area is 91.6 Å². The lowest BCUT2D eigenvalue weighted by atomic mass is 10.1. The Balaban J connectivity index is 2.01. The summed E-state index contributed by atoms with van der Waals surface area (Å²) in [6.07, 6.45) is 0.995. The van der Waals surface area contributed by atoms with Crippen molar-refractivity contribution in [3.63, 3.8) is 0 Å². The molecule has 4 heteroatoms. The molecule has 2 heterocycles. The first-order chi connectivity index (χ1) is 7.08. The molecule has 0 spiro atoms. The van der Waals surface area contributed by atoms with Gasteiger partial charge >= 0.3 is 0 Å². The van der Waals surface area contributed by atoms with Crippen LogP contribution in [-0.4, -0.2) is 60.5 Å². The van der Waals surface area contributed by atoms with Crippen LogP contribution in [0.4, 0.5) is 0 Å². The number of carbonyl (C=O) groups is 1. The first-order valence-corrected chi connectivity index (χ1v) is 5.83. The summed E-state index contributed by atoms with van der Waals surface area (Å²) in [6.45, 7) is 7.27. The molecule has 1 amide bonds. The summed E-state index contributed by atoms with van der Waals surface area (Å²) in [5, 5.41) is 3.49. The molecule has 4 nitrogen and oxygen atoms in total.